The lowest BCUT2D eigenvalue weighted by Gasteiger charge is -2.23. The summed E-state index contributed by atoms with van der Waals surface area (Å²) in [6, 6.07) is 5.74. The van der Waals surface area contributed by atoms with Crippen LogP contribution in [0.25, 0.3) is 0 Å². The van der Waals surface area contributed by atoms with Gasteiger partial charge in [-0.3, -0.25) is 0 Å². The van der Waals surface area contributed by atoms with Crippen molar-refractivity contribution >= 4 is 0 Å². The van der Waals surface area contributed by atoms with Gasteiger partial charge in [0.1, 0.15) is 13.2 Å². The Bertz CT molecular complexity index is 363. The molecule has 1 aromatic rings. The lowest BCUT2D eigenvalue weighted by atomic mass is 10.0. The van der Waals surface area contributed by atoms with E-state index in [1.807, 2.05) is 24.3 Å². The van der Waals surface area contributed by atoms with E-state index in [-0.39, 0.29) is 6.04 Å². The molecule has 2 N–H and O–H groups in total. The number of benzene rings is 1. The van der Waals surface area contributed by atoms with E-state index >= 15 is 0 Å². The molecule has 0 aliphatic carbocycles. The molecule has 1 aliphatic heterocycles. The predicted molar refractivity (Wildman–Crippen MR) is 59.2 cm³/mol. The molecule has 0 bridgehead atoms. The van der Waals surface area contributed by atoms with E-state index in [1.165, 1.54) is 0 Å². The quantitative estimate of drug-likeness (QED) is 0.768. The number of para-hydroxylation sites is 1. The molecule has 1 heterocycles. The Morgan fingerprint density at radius 1 is 1.40 bits per heavy atom. The van der Waals surface area contributed by atoms with Gasteiger partial charge in [-0.2, -0.15) is 0 Å². The highest BCUT2D eigenvalue weighted by Gasteiger charge is 2.18. The molecule has 0 aromatic heterocycles. The largest absolute Gasteiger partial charge is 0.486 e. The van der Waals surface area contributed by atoms with Crippen molar-refractivity contribution in [1.82, 2.24) is 0 Å². The van der Waals surface area contributed by atoms with Crippen LogP contribution in [-0.2, 0) is 0 Å². The van der Waals surface area contributed by atoms with Gasteiger partial charge in [-0.15, -0.1) is 6.58 Å². The normalized spacial score (nSPS) is 15.8. The first-order chi connectivity index (χ1) is 7.33. The minimum absolute atomic E-state index is 0.0702. The third kappa shape index (κ3) is 1.97. The fraction of sp³-hybridized carbons (Fsp3) is 0.333. The highest BCUT2D eigenvalue weighted by atomic mass is 16.6. The molecule has 3 nitrogen and oxygen atoms in total. The van der Waals surface area contributed by atoms with Crippen LogP contribution in [0.5, 0.6) is 11.5 Å². The van der Waals surface area contributed by atoms with Gasteiger partial charge in [0.2, 0.25) is 0 Å². The molecule has 0 fully saturated rings. The molecular weight excluding hydrogens is 190 g/mol. The lowest BCUT2D eigenvalue weighted by Crippen LogP contribution is -2.19. The first-order valence-electron chi connectivity index (χ1n) is 5.08. The molecule has 3 heteroatoms. The maximum Gasteiger partial charge on any atom is 0.166 e. The molecule has 15 heavy (non-hydrogen) atoms. The van der Waals surface area contributed by atoms with E-state index in [0.29, 0.717) is 13.2 Å². The lowest BCUT2D eigenvalue weighted by molar-refractivity contribution is 0.169. The summed E-state index contributed by atoms with van der Waals surface area (Å²) in [6.07, 6.45) is 2.55. The van der Waals surface area contributed by atoms with Gasteiger partial charge in [-0.25, -0.2) is 0 Å². The van der Waals surface area contributed by atoms with Crippen LogP contribution in [0, 0.1) is 0 Å². The number of ether oxygens (including phenoxy) is 2. The van der Waals surface area contributed by atoms with Crippen LogP contribution in [0.4, 0.5) is 0 Å². The number of nitrogens with two attached hydrogens (primary N) is 1. The van der Waals surface area contributed by atoms with Crippen LogP contribution in [0.1, 0.15) is 18.0 Å². The smallest absolute Gasteiger partial charge is 0.166 e. The van der Waals surface area contributed by atoms with E-state index in [4.69, 9.17) is 15.2 Å². The molecule has 0 saturated heterocycles. The average molecular weight is 205 g/mol. The third-order valence-electron chi connectivity index (χ3n) is 2.42. The molecule has 0 unspecified atom stereocenters. The first kappa shape index (κ1) is 10.1. The van der Waals surface area contributed by atoms with Gasteiger partial charge in [-0.05, 0) is 12.5 Å². The van der Waals surface area contributed by atoms with E-state index in [9.17, 15) is 0 Å². The van der Waals surface area contributed by atoms with Crippen molar-refractivity contribution in [3.8, 4) is 11.5 Å². The third-order valence-corrected chi connectivity index (χ3v) is 2.42. The van der Waals surface area contributed by atoms with Crippen LogP contribution in [0.2, 0.25) is 0 Å². The summed E-state index contributed by atoms with van der Waals surface area (Å²) in [6.45, 7) is 4.88. The van der Waals surface area contributed by atoms with Gasteiger partial charge in [0.05, 0.1) is 0 Å². The average Bonchev–Trinajstić information content (AvgIpc) is 2.28. The van der Waals surface area contributed by atoms with Crippen LogP contribution in [-0.4, -0.2) is 13.2 Å². The van der Waals surface area contributed by atoms with Gasteiger partial charge < -0.3 is 15.2 Å². The summed E-state index contributed by atoms with van der Waals surface area (Å²) >= 11 is 0. The van der Waals surface area contributed by atoms with Crippen molar-refractivity contribution < 1.29 is 9.47 Å². The molecule has 2 rings (SSSR count). The van der Waals surface area contributed by atoms with Gasteiger partial charge >= 0.3 is 0 Å². The Kier molecular flexibility index (Phi) is 2.92. The van der Waals surface area contributed by atoms with Crippen LogP contribution in [0.3, 0.4) is 0 Å². The second-order valence-electron chi connectivity index (χ2n) is 3.50. The Balaban J connectivity index is 2.34. The molecule has 80 valence electrons. The summed E-state index contributed by atoms with van der Waals surface area (Å²) in [7, 11) is 0. The van der Waals surface area contributed by atoms with Crippen molar-refractivity contribution in [2.45, 2.75) is 12.5 Å². The fourth-order valence-corrected chi connectivity index (χ4v) is 1.69. The Hall–Kier alpha value is -1.48. The van der Waals surface area contributed by atoms with Crippen LogP contribution < -0.4 is 15.2 Å². The molecule has 0 spiro atoms. The van der Waals surface area contributed by atoms with E-state index < -0.39 is 0 Å². The minimum Gasteiger partial charge on any atom is -0.486 e. The zero-order chi connectivity index (χ0) is 10.7. The second-order valence-corrected chi connectivity index (χ2v) is 3.50. The van der Waals surface area contributed by atoms with Crippen molar-refractivity contribution in [1.29, 1.82) is 0 Å². The zero-order valence-electron chi connectivity index (χ0n) is 8.61. The zero-order valence-corrected chi connectivity index (χ0v) is 8.61. The van der Waals surface area contributed by atoms with E-state index in [2.05, 4.69) is 6.58 Å². The number of fused-ring (bicyclic) bond motifs is 1. The maximum atomic E-state index is 6.02. The highest BCUT2D eigenvalue weighted by molar-refractivity contribution is 5.48. The monoisotopic (exact) mass is 205 g/mol. The summed E-state index contributed by atoms with van der Waals surface area (Å²) in [4.78, 5) is 0. The molecule has 1 aliphatic rings. The predicted octanol–water partition coefficient (Wildman–Crippen LogP) is 2.03. The summed E-state index contributed by atoms with van der Waals surface area (Å²) < 4.78 is 11.1. The summed E-state index contributed by atoms with van der Waals surface area (Å²) in [5.41, 5.74) is 7.02. The van der Waals surface area contributed by atoms with Crippen molar-refractivity contribution in [3.05, 3.63) is 36.4 Å². The Morgan fingerprint density at radius 2 is 2.20 bits per heavy atom. The maximum absolute atomic E-state index is 6.02. The Labute approximate surface area is 89.5 Å². The molecule has 1 aromatic carbocycles. The number of rotatable bonds is 3. The van der Waals surface area contributed by atoms with Gasteiger partial charge in [0.15, 0.2) is 11.5 Å². The SMILES string of the molecule is C=CC[C@@H](N)c1cccc2c1OCCO2. The van der Waals surface area contributed by atoms with Crippen molar-refractivity contribution in [2.24, 2.45) is 5.73 Å². The number of hydrogen-bond donors (Lipinski definition) is 1. The van der Waals surface area contributed by atoms with E-state index in [1.54, 1.807) is 0 Å². The van der Waals surface area contributed by atoms with Crippen molar-refractivity contribution in [3.63, 3.8) is 0 Å². The standard InChI is InChI=1S/C12H15NO2/c1-2-4-10(13)9-5-3-6-11-12(9)15-8-7-14-11/h2-3,5-6,10H,1,4,7-8,13H2/t10-/m1/s1. The first-order valence-corrected chi connectivity index (χ1v) is 5.08. The minimum atomic E-state index is -0.0702. The molecule has 0 amide bonds. The molecular formula is C12H15NO2. The fourth-order valence-electron chi connectivity index (χ4n) is 1.69. The van der Waals surface area contributed by atoms with Crippen LogP contribution in [0.15, 0.2) is 30.9 Å². The summed E-state index contributed by atoms with van der Waals surface area (Å²) in [5.74, 6) is 1.58. The van der Waals surface area contributed by atoms with Crippen molar-refractivity contribution in [2.75, 3.05) is 13.2 Å². The van der Waals surface area contributed by atoms with Gasteiger partial charge in [0.25, 0.3) is 0 Å². The van der Waals surface area contributed by atoms with Gasteiger partial charge in [-0.1, -0.05) is 18.2 Å². The summed E-state index contributed by atoms with van der Waals surface area (Å²) in [5, 5.41) is 0. The highest BCUT2D eigenvalue weighted by Crippen LogP contribution is 2.36. The molecule has 0 radical (unpaired) electrons. The molecule has 0 saturated carbocycles. The van der Waals surface area contributed by atoms with Crippen LogP contribution >= 0.6 is 0 Å². The van der Waals surface area contributed by atoms with E-state index in [0.717, 1.165) is 23.5 Å². The second kappa shape index (κ2) is 4.36. The Morgan fingerprint density at radius 3 is 3.00 bits per heavy atom. The van der Waals surface area contributed by atoms with Gasteiger partial charge in [0, 0.05) is 11.6 Å². The molecule has 1 atom stereocenters. The topological polar surface area (TPSA) is 44.5 Å². The number of hydrogen-bond acceptors (Lipinski definition) is 3.